The average molecular weight is 425 g/mol. The van der Waals surface area contributed by atoms with Crippen molar-refractivity contribution in [2.24, 2.45) is 5.92 Å². The predicted molar refractivity (Wildman–Crippen MR) is 122 cm³/mol. The van der Waals surface area contributed by atoms with Crippen LogP contribution in [0.1, 0.15) is 41.0 Å². The molecule has 0 amide bonds. The fourth-order valence-corrected chi connectivity index (χ4v) is 5.08. The number of ether oxygens (including phenoxy) is 1. The molecular formula is C26H33FN2O2. The molecule has 2 aliphatic heterocycles. The first kappa shape index (κ1) is 21.8. The second kappa shape index (κ2) is 9.39. The van der Waals surface area contributed by atoms with Crippen molar-refractivity contribution in [3.05, 3.63) is 64.5 Å². The topological polar surface area (TPSA) is 32.8 Å². The molecule has 2 aromatic rings. The Morgan fingerprint density at radius 2 is 1.74 bits per heavy atom. The van der Waals surface area contributed by atoms with Crippen LogP contribution in [0.4, 0.5) is 10.1 Å². The lowest BCUT2D eigenvalue weighted by atomic mass is 9.86. The first-order valence-electron chi connectivity index (χ1n) is 11.4. The van der Waals surface area contributed by atoms with Crippen LogP contribution in [0.3, 0.4) is 0 Å². The Kier molecular flexibility index (Phi) is 6.61. The molecular weight excluding hydrogens is 391 g/mol. The summed E-state index contributed by atoms with van der Waals surface area (Å²) in [4.78, 5) is 16.3. The number of piperidine rings is 1. The number of carbonyl (C=O) groups excluding carboxylic acids is 1. The van der Waals surface area contributed by atoms with Crippen LogP contribution in [0.5, 0.6) is 0 Å². The van der Waals surface area contributed by atoms with Crippen molar-refractivity contribution >= 4 is 11.7 Å². The lowest BCUT2D eigenvalue weighted by molar-refractivity contribution is -0.147. The van der Waals surface area contributed by atoms with Crippen LogP contribution in [-0.4, -0.2) is 50.7 Å². The minimum absolute atomic E-state index is 0.0634. The molecule has 2 aromatic carbocycles. The van der Waals surface area contributed by atoms with E-state index in [1.807, 2.05) is 12.1 Å². The van der Waals surface area contributed by atoms with E-state index in [1.54, 1.807) is 6.07 Å². The number of hydrogen-bond donors (Lipinski definition) is 0. The Balaban J connectivity index is 1.32. The van der Waals surface area contributed by atoms with Gasteiger partial charge in [-0.25, -0.2) is 4.39 Å². The largest absolute Gasteiger partial charge is 0.469 e. The predicted octanol–water partition coefficient (Wildman–Crippen LogP) is 4.47. The van der Waals surface area contributed by atoms with Gasteiger partial charge in [-0.2, -0.15) is 0 Å². The van der Waals surface area contributed by atoms with Gasteiger partial charge in [-0.3, -0.25) is 4.79 Å². The van der Waals surface area contributed by atoms with Gasteiger partial charge >= 0.3 is 5.97 Å². The Morgan fingerprint density at radius 1 is 1.10 bits per heavy atom. The average Bonchev–Trinajstić information content (AvgIpc) is 2.73. The Morgan fingerprint density at radius 3 is 2.35 bits per heavy atom. The highest BCUT2D eigenvalue weighted by Gasteiger charge is 2.30. The minimum atomic E-state index is -0.140. The monoisotopic (exact) mass is 424 g/mol. The van der Waals surface area contributed by atoms with Gasteiger partial charge in [0.1, 0.15) is 5.82 Å². The Bertz CT molecular complexity index is 908. The highest BCUT2D eigenvalue weighted by atomic mass is 19.1. The number of halogens is 1. The third kappa shape index (κ3) is 4.77. The van der Waals surface area contributed by atoms with Crippen molar-refractivity contribution in [2.75, 3.05) is 44.7 Å². The molecule has 4 rings (SSSR count). The summed E-state index contributed by atoms with van der Waals surface area (Å²) in [5, 5.41) is 0. The smallest absolute Gasteiger partial charge is 0.308 e. The maximum atomic E-state index is 14.0. The highest BCUT2D eigenvalue weighted by molar-refractivity contribution is 5.72. The van der Waals surface area contributed by atoms with E-state index in [1.165, 1.54) is 35.4 Å². The van der Waals surface area contributed by atoms with Gasteiger partial charge in [0.2, 0.25) is 0 Å². The van der Waals surface area contributed by atoms with Crippen LogP contribution in [0.15, 0.2) is 36.4 Å². The number of nitrogens with zero attached hydrogens (tertiary/aromatic N) is 2. The summed E-state index contributed by atoms with van der Waals surface area (Å²) < 4.78 is 18.9. The summed E-state index contributed by atoms with van der Waals surface area (Å²) in [5.41, 5.74) is 6.21. The summed E-state index contributed by atoms with van der Waals surface area (Å²) in [6, 6.07) is 11.7. The second-order valence-corrected chi connectivity index (χ2v) is 9.08. The lowest BCUT2D eigenvalue weighted by Gasteiger charge is -2.41. The molecule has 0 radical (unpaired) electrons. The van der Waals surface area contributed by atoms with Gasteiger partial charge in [0.15, 0.2) is 0 Å². The molecule has 2 aliphatic rings. The molecule has 4 nitrogen and oxygen atoms in total. The number of anilines is 1. The van der Waals surface area contributed by atoms with E-state index in [0.717, 1.165) is 52.0 Å². The number of likely N-dealkylation sites (tertiary alicyclic amines) is 1. The highest BCUT2D eigenvalue weighted by Crippen LogP contribution is 2.34. The fraction of sp³-hybridized carbons (Fsp3) is 0.500. The van der Waals surface area contributed by atoms with Crippen LogP contribution in [-0.2, 0) is 16.0 Å². The van der Waals surface area contributed by atoms with Gasteiger partial charge < -0.3 is 14.5 Å². The van der Waals surface area contributed by atoms with Crippen molar-refractivity contribution < 1.29 is 13.9 Å². The van der Waals surface area contributed by atoms with Crippen molar-refractivity contribution in [3.63, 3.8) is 0 Å². The normalized spacial score (nSPS) is 18.1. The molecule has 0 spiro atoms. The summed E-state index contributed by atoms with van der Waals surface area (Å²) >= 11 is 0. The lowest BCUT2D eigenvalue weighted by Crippen LogP contribution is -2.45. The maximum absolute atomic E-state index is 14.0. The molecule has 0 bridgehead atoms. The first-order chi connectivity index (χ1) is 15.0. The molecule has 166 valence electrons. The van der Waals surface area contributed by atoms with Crippen LogP contribution < -0.4 is 4.90 Å². The minimum Gasteiger partial charge on any atom is -0.469 e. The standard InChI is InChI=1S/C26H33FN2O2/c1-18-14-21(22-16-29(17-22)25-7-5-4-6-24(25)27)15-19(2)23(18)10-13-28-11-8-20(9-12-28)26(30)31-3/h4-7,14-15,20,22H,8-13,16-17H2,1-3H3. The van der Waals surface area contributed by atoms with Crippen molar-refractivity contribution in [1.82, 2.24) is 4.90 Å². The molecule has 31 heavy (non-hydrogen) atoms. The van der Waals surface area contributed by atoms with E-state index in [-0.39, 0.29) is 17.7 Å². The van der Waals surface area contributed by atoms with Gasteiger partial charge in [-0.15, -0.1) is 0 Å². The Hall–Kier alpha value is -2.40. The molecule has 0 saturated carbocycles. The molecule has 0 N–H and O–H groups in total. The van der Waals surface area contributed by atoms with E-state index in [0.29, 0.717) is 11.6 Å². The zero-order chi connectivity index (χ0) is 22.0. The number of hydrogen-bond acceptors (Lipinski definition) is 4. The van der Waals surface area contributed by atoms with E-state index in [4.69, 9.17) is 4.74 Å². The zero-order valence-electron chi connectivity index (χ0n) is 18.9. The zero-order valence-corrected chi connectivity index (χ0v) is 18.9. The number of para-hydroxylation sites is 1. The fourth-order valence-electron chi connectivity index (χ4n) is 5.08. The molecule has 5 heteroatoms. The van der Waals surface area contributed by atoms with E-state index < -0.39 is 0 Å². The van der Waals surface area contributed by atoms with Crippen molar-refractivity contribution in [2.45, 2.75) is 39.0 Å². The molecule has 0 aliphatic carbocycles. The SMILES string of the molecule is COC(=O)C1CCN(CCc2c(C)cc(C3CN(c4ccccc4F)C3)cc2C)CC1. The van der Waals surface area contributed by atoms with Gasteiger partial charge in [0.05, 0.1) is 18.7 Å². The van der Waals surface area contributed by atoms with Crippen LogP contribution >= 0.6 is 0 Å². The third-order valence-corrected chi connectivity index (χ3v) is 7.06. The van der Waals surface area contributed by atoms with Gasteiger partial charge in [-0.1, -0.05) is 24.3 Å². The molecule has 2 fully saturated rings. The van der Waals surface area contributed by atoms with Crippen molar-refractivity contribution in [1.29, 1.82) is 0 Å². The molecule has 0 aromatic heterocycles. The summed E-state index contributed by atoms with van der Waals surface area (Å²) in [5.74, 6) is 0.324. The van der Waals surface area contributed by atoms with E-state index in [9.17, 15) is 9.18 Å². The molecule has 0 unspecified atom stereocenters. The second-order valence-electron chi connectivity index (χ2n) is 9.08. The van der Waals surface area contributed by atoms with Gasteiger partial charge in [0, 0.05) is 25.6 Å². The maximum Gasteiger partial charge on any atom is 0.308 e. The van der Waals surface area contributed by atoms with Crippen LogP contribution in [0.25, 0.3) is 0 Å². The Labute approximate surface area is 185 Å². The van der Waals surface area contributed by atoms with Crippen LogP contribution in [0.2, 0.25) is 0 Å². The van der Waals surface area contributed by atoms with Gasteiger partial charge in [0.25, 0.3) is 0 Å². The number of benzene rings is 2. The summed E-state index contributed by atoms with van der Waals surface area (Å²) in [6.45, 7) is 9.11. The number of carbonyl (C=O) groups is 1. The number of methoxy groups -OCH3 is 1. The summed E-state index contributed by atoms with van der Waals surface area (Å²) in [6.07, 6.45) is 2.82. The third-order valence-electron chi connectivity index (χ3n) is 7.06. The quantitative estimate of drug-likeness (QED) is 0.641. The van der Waals surface area contributed by atoms with E-state index in [2.05, 4.69) is 35.8 Å². The molecule has 2 heterocycles. The van der Waals surface area contributed by atoms with Gasteiger partial charge in [-0.05, 0) is 80.6 Å². The number of esters is 1. The van der Waals surface area contributed by atoms with E-state index >= 15 is 0 Å². The summed E-state index contributed by atoms with van der Waals surface area (Å²) in [7, 11) is 1.48. The molecule has 0 atom stereocenters. The number of rotatable bonds is 6. The molecule has 2 saturated heterocycles. The number of aryl methyl sites for hydroxylation is 2. The van der Waals surface area contributed by atoms with Crippen molar-refractivity contribution in [3.8, 4) is 0 Å². The first-order valence-corrected chi connectivity index (χ1v) is 11.4. The van der Waals surface area contributed by atoms with Crippen LogP contribution in [0, 0.1) is 25.6 Å².